The highest BCUT2D eigenvalue weighted by Gasteiger charge is 2.27. The van der Waals surface area contributed by atoms with Crippen molar-refractivity contribution in [2.24, 2.45) is 0 Å². The van der Waals surface area contributed by atoms with E-state index in [1.54, 1.807) is 6.08 Å². The van der Waals surface area contributed by atoms with Gasteiger partial charge in [-0.25, -0.2) is 8.78 Å². The van der Waals surface area contributed by atoms with Crippen molar-refractivity contribution in [3.05, 3.63) is 44.7 Å². The summed E-state index contributed by atoms with van der Waals surface area (Å²) in [4.78, 5) is 15.0. The van der Waals surface area contributed by atoms with Crippen LogP contribution in [0.4, 0.5) is 8.78 Å². The fourth-order valence-electron chi connectivity index (χ4n) is 3.54. The van der Waals surface area contributed by atoms with E-state index >= 15 is 0 Å². The van der Waals surface area contributed by atoms with Crippen LogP contribution < -0.4 is 16.0 Å². The maximum Gasteiger partial charge on any atom is 0.269 e. The molecule has 1 fully saturated rings. The molecule has 4 nitrogen and oxygen atoms in total. The second-order valence-electron chi connectivity index (χ2n) is 6.84. The minimum atomic E-state index is -2.83. The molecule has 0 radical (unpaired) electrons. The Kier molecular flexibility index (Phi) is 9.76. The molecule has 28 heavy (non-hydrogen) atoms. The molecule has 2 heterocycles. The molecule has 1 aromatic heterocycles. The van der Waals surface area contributed by atoms with Crippen molar-refractivity contribution in [1.29, 1.82) is 0 Å². The number of rotatable bonds is 5. The Morgan fingerprint density at radius 3 is 2.43 bits per heavy atom. The number of morpholine rings is 1. The molecule has 6 heteroatoms. The first kappa shape index (κ1) is 24.2. The first-order valence-electron chi connectivity index (χ1n) is 9.99. The highest BCUT2D eigenvalue weighted by Crippen LogP contribution is 2.22. The lowest BCUT2D eigenvalue weighted by atomic mass is 10.1. The van der Waals surface area contributed by atoms with E-state index in [1.165, 1.54) is 12.2 Å². The van der Waals surface area contributed by atoms with Crippen molar-refractivity contribution < 1.29 is 13.5 Å². The molecule has 1 saturated heterocycles. The average molecular weight is 397 g/mol. The Balaban J connectivity index is 0.00000190. The maximum absolute atomic E-state index is 13.9. The lowest BCUT2D eigenvalue weighted by molar-refractivity contribution is -0.00624. The zero-order chi connectivity index (χ0) is 21.4. The number of aromatic nitrogens is 1. The zero-order valence-corrected chi connectivity index (χ0v) is 18.0. The predicted molar refractivity (Wildman–Crippen MR) is 112 cm³/mol. The number of alkyl halides is 2. The Bertz CT molecular complexity index is 828. The summed E-state index contributed by atoms with van der Waals surface area (Å²) in [6.45, 7) is 17.4. The smallest absolute Gasteiger partial charge is 0.269 e. The zero-order valence-electron chi connectivity index (χ0n) is 18.0. The van der Waals surface area contributed by atoms with Gasteiger partial charge in [-0.3, -0.25) is 9.69 Å². The van der Waals surface area contributed by atoms with Crippen LogP contribution in [-0.2, 0) is 11.3 Å². The summed E-state index contributed by atoms with van der Waals surface area (Å²) in [6, 6.07) is 0.0427. The lowest BCUT2D eigenvalue weighted by Gasteiger charge is -2.35. The van der Waals surface area contributed by atoms with Gasteiger partial charge in [-0.05, 0) is 33.8 Å². The molecule has 0 aromatic carbocycles. The van der Waals surface area contributed by atoms with E-state index in [-0.39, 0.29) is 17.3 Å². The quantitative estimate of drug-likeness (QED) is 0.765. The Labute approximate surface area is 166 Å². The molecule has 0 N–H and O–H groups in total. The second kappa shape index (κ2) is 11.3. The molecule has 1 aliphatic heterocycles. The first-order chi connectivity index (χ1) is 13.3. The van der Waals surface area contributed by atoms with Gasteiger partial charge in [0.2, 0.25) is 0 Å². The number of nitrogens with zero attached hydrogens (tertiary/aromatic N) is 2. The highest BCUT2D eigenvalue weighted by molar-refractivity contribution is 5.40. The van der Waals surface area contributed by atoms with E-state index in [1.807, 2.05) is 46.1 Å². The number of hydrogen-bond acceptors (Lipinski definition) is 3. The standard InChI is InChI=1S/C20H28F2N2O2.C2H6/c1-6-8-15-16(7-2)24(13(3)4)17(18(19(15)25)20(21)22)11-23-9-10-26-12-14(23)5;1-2/h6-8,13-14,20H,1,9-12H2,2-5H3;1-2H3/b15-8+,16-7+;. The van der Waals surface area contributed by atoms with Crippen molar-refractivity contribution in [2.45, 2.75) is 66.6 Å². The average Bonchev–Trinajstić information content (AvgIpc) is 2.66. The van der Waals surface area contributed by atoms with Gasteiger partial charge in [0.05, 0.1) is 18.8 Å². The Morgan fingerprint density at radius 2 is 1.96 bits per heavy atom. The SMILES string of the molecule is C=C/C=c1/c(=O)c(C(F)F)c(CN2CCOCC2C)n(C(C)C)/c1=C/C.CC. The van der Waals surface area contributed by atoms with Crippen molar-refractivity contribution in [3.63, 3.8) is 0 Å². The third-order valence-corrected chi connectivity index (χ3v) is 4.78. The molecular formula is C22H34F2N2O2. The number of pyridine rings is 1. The number of allylic oxidation sites excluding steroid dienone is 1. The van der Waals surface area contributed by atoms with Crippen LogP contribution >= 0.6 is 0 Å². The van der Waals surface area contributed by atoms with Crippen LogP contribution in [0.25, 0.3) is 12.2 Å². The van der Waals surface area contributed by atoms with Gasteiger partial charge >= 0.3 is 0 Å². The van der Waals surface area contributed by atoms with Crippen molar-refractivity contribution >= 4 is 12.2 Å². The fraction of sp³-hybridized carbons (Fsp3) is 0.591. The van der Waals surface area contributed by atoms with Crippen LogP contribution in [-0.4, -0.2) is 35.3 Å². The molecular weight excluding hydrogens is 362 g/mol. The van der Waals surface area contributed by atoms with E-state index in [2.05, 4.69) is 11.5 Å². The number of ether oxygens (including phenoxy) is 1. The van der Waals surface area contributed by atoms with E-state index in [4.69, 9.17) is 4.74 Å². The normalized spacial score (nSPS) is 19.1. The molecule has 1 aliphatic rings. The van der Waals surface area contributed by atoms with Gasteiger partial charge in [-0.1, -0.05) is 32.6 Å². The number of hydrogen-bond donors (Lipinski definition) is 0. The molecule has 1 unspecified atom stereocenters. The molecule has 0 bridgehead atoms. The maximum atomic E-state index is 13.9. The molecule has 158 valence electrons. The summed E-state index contributed by atoms with van der Waals surface area (Å²) >= 11 is 0. The molecule has 0 aliphatic carbocycles. The third-order valence-electron chi connectivity index (χ3n) is 4.78. The molecule has 1 aromatic rings. The molecule has 1 atom stereocenters. The molecule has 2 rings (SSSR count). The largest absolute Gasteiger partial charge is 0.379 e. The summed E-state index contributed by atoms with van der Waals surface area (Å²) < 4.78 is 35.2. The third kappa shape index (κ3) is 5.17. The summed E-state index contributed by atoms with van der Waals surface area (Å²) in [5, 5.41) is 0.926. The minimum Gasteiger partial charge on any atom is -0.379 e. The molecule has 0 amide bonds. The van der Waals surface area contributed by atoms with Crippen molar-refractivity contribution in [3.8, 4) is 0 Å². The second-order valence-corrected chi connectivity index (χ2v) is 6.84. The van der Waals surface area contributed by atoms with Crippen LogP contribution in [0.1, 0.15) is 65.3 Å². The summed E-state index contributed by atoms with van der Waals surface area (Å²) in [7, 11) is 0. The van der Waals surface area contributed by atoms with E-state index < -0.39 is 17.4 Å². The van der Waals surface area contributed by atoms with Crippen LogP contribution in [0.3, 0.4) is 0 Å². The fourth-order valence-corrected chi connectivity index (χ4v) is 3.54. The van der Waals surface area contributed by atoms with Crippen molar-refractivity contribution in [1.82, 2.24) is 9.47 Å². The van der Waals surface area contributed by atoms with Crippen molar-refractivity contribution in [2.75, 3.05) is 19.8 Å². The lowest BCUT2D eigenvalue weighted by Crippen LogP contribution is -2.51. The van der Waals surface area contributed by atoms with Crippen LogP contribution in [0.2, 0.25) is 0 Å². The predicted octanol–water partition coefficient (Wildman–Crippen LogP) is 3.38. The minimum absolute atomic E-state index is 0.0670. The van der Waals surface area contributed by atoms with Crippen LogP contribution in [0.15, 0.2) is 17.4 Å². The van der Waals surface area contributed by atoms with Gasteiger partial charge in [0.15, 0.2) is 5.43 Å². The van der Waals surface area contributed by atoms with Gasteiger partial charge in [0.1, 0.15) is 0 Å². The molecule has 0 spiro atoms. The Hall–Kier alpha value is -1.79. The topological polar surface area (TPSA) is 34.5 Å². The van der Waals surface area contributed by atoms with Gasteiger partial charge < -0.3 is 9.30 Å². The van der Waals surface area contributed by atoms with Crippen LogP contribution in [0.5, 0.6) is 0 Å². The summed E-state index contributed by atoms with van der Waals surface area (Å²) in [5.74, 6) is 0. The van der Waals surface area contributed by atoms with Gasteiger partial charge in [-0.2, -0.15) is 0 Å². The van der Waals surface area contributed by atoms with Gasteiger partial charge in [0.25, 0.3) is 6.43 Å². The summed E-state index contributed by atoms with van der Waals surface area (Å²) in [6.07, 6.45) is 1.96. The van der Waals surface area contributed by atoms with E-state index in [0.29, 0.717) is 37.3 Å². The monoisotopic (exact) mass is 396 g/mol. The van der Waals surface area contributed by atoms with Crippen LogP contribution in [0, 0.1) is 0 Å². The molecule has 0 saturated carbocycles. The van der Waals surface area contributed by atoms with E-state index in [9.17, 15) is 13.6 Å². The number of halogens is 2. The first-order valence-corrected chi connectivity index (χ1v) is 9.99. The van der Waals surface area contributed by atoms with Gasteiger partial charge in [0, 0.05) is 41.4 Å². The highest BCUT2D eigenvalue weighted by atomic mass is 19.3. The summed E-state index contributed by atoms with van der Waals surface area (Å²) in [5.41, 5.74) is -0.625. The Morgan fingerprint density at radius 1 is 1.32 bits per heavy atom. The van der Waals surface area contributed by atoms with E-state index in [0.717, 1.165) is 0 Å². The van der Waals surface area contributed by atoms with Gasteiger partial charge in [-0.15, -0.1) is 0 Å².